The predicted molar refractivity (Wildman–Crippen MR) is 77.2 cm³/mol. The lowest BCUT2D eigenvalue weighted by molar-refractivity contribution is 0.410. The Hall–Kier alpha value is -1.92. The van der Waals surface area contributed by atoms with Crippen molar-refractivity contribution in [3.63, 3.8) is 0 Å². The van der Waals surface area contributed by atoms with Gasteiger partial charge in [-0.25, -0.2) is 10.1 Å². The summed E-state index contributed by atoms with van der Waals surface area (Å²) in [7, 11) is 1.67. The molecule has 1 unspecified atom stereocenters. The van der Waals surface area contributed by atoms with Gasteiger partial charge in [-0.15, -0.1) is 5.10 Å². The molecule has 2 rings (SSSR count). The average Bonchev–Trinajstić information content (AvgIpc) is 2.90. The van der Waals surface area contributed by atoms with Crippen molar-refractivity contribution in [2.75, 3.05) is 7.11 Å². The van der Waals surface area contributed by atoms with E-state index in [1.807, 2.05) is 29.8 Å². The molecule has 0 radical (unpaired) electrons. The highest BCUT2D eigenvalue weighted by atomic mass is 16.5. The van der Waals surface area contributed by atoms with Crippen LogP contribution < -0.4 is 16.0 Å². The number of hydrazine groups is 1. The van der Waals surface area contributed by atoms with Gasteiger partial charge in [-0.2, -0.15) is 0 Å². The number of nitrogens with two attached hydrogens (primary N) is 1. The Labute approximate surface area is 118 Å². The first kappa shape index (κ1) is 14.5. The van der Waals surface area contributed by atoms with Gasteiger partial charge in [-0.3, -0.25) is 5.84 Å². The summed E-state index contributed by atoms with van der Waals surface area (Å²) in [6.45, 7) is 4.93. The van der Waals surface area contributed by atoms with Crippen LogP contribution in [0.25, 0.3) is 0 Å². The van der Waals surface area contributed by atoms with Crippen LogP contribution in [0.1, 0.15) is 36.2 Å². The normalized spacial score (nSPS) is 12.4. The Kier molecular flexibility index (Phi) is 4.70. The van der Waals surface area contributed by atoms with Crippen molar-refractivity contribution < 1.29 is 4.74 Å². The van der Waals surface area contributed by atoms with Crippen LogP contribution in [0.3, 0.4) is 0 Å². The number of nitrogens with zero attached hydrogens (tertiary/aromatic N) is 3. The van der Waals surface area contributed by atoms with Gasteiger partial charge in [0.25, 0.3) is 0 Å². The second-order valence-electron chi connectivity index (χ2n) is 4.71. The van der Waals surface area contributed by atoms with E-state index in [0.717, 1.165) is 35.5 Å². The van der Waals surface area contributed by atoms with E-state index in [0.29, 0.717) is 0 Å². The Morgan fingerprint density at radius 1 is 1.45 bits per heavy atom. The molecule has 0 aliphatic carbocycles. The van der Waals surface area contributed by atoms with Crippen molar-refractivity contribution in [3.8, 4) is 5.75 Å². The second kappa shape index (κ2) is 6.49. The van der Waals surface area contributed by atoms with E-state index >= 15 is 0 Å². The lowest BCUT2D eigenvalue weighted by atomic mass is 10.0. The van der Waals surface area contributed by atoms with Gasteiger partial charge in [0.1, 0.15) is 5.75 Å². The molecule has 1 aromatic carbocycles. The minimum absolute atomic E-state index is 0.161. The van der Waals surface area contributed by atoms with Gasteiger partial charge in [0.05, 0.1) is 25.0 Å². The maximum absolute atomic E-state index is 5.73. The molecule has 0 aliphatic rings. The number of benzene rings is 1. The van der Waals surface area contributed by atoms with Crippen molar-refractivity contribution in [1.29, 1.82) is 0 Å². The van der Waals surface area contributed by atoms with E-state index in [1.165, 1.54) is 0 Å². The van der Waals surface area contributed by atoms with Crippen molar-refractivity contribution in [2.24, 2.45) is 5.84 Å². The van der Waals surface area contributed by atoms with Gasteiger partial charge < -0.3 is 4.74 Å². The molecule has 0 bridgehead atoms. The molecular weight excluding hydrogens is 254 g/mol. The van der Waals surface area contributed by atoms with E-state index in [9.17, 15) is 0 Å². The zero-order valence-corrected chi connectivity index (χ0v) is 12.1. The quantitative estimate of drug-likeness (QED) is 0.618. The third kappa shape index (κ3) is 2.81. The highest BCUT2D eigenvalue weighted by molar-refractivity contribution is 5.39. The van der Waals surface area contributed by atoms with Gasteiger partial charge in [-0.1, -0.05) is 24.3 Å². The maximum atomic E-state index is 5.73. The van der Waals surface area contributed by atoms with E-state index in [2.05, 4.69) is 22.7 Å². The third-order valence-electron chi connectivity index (χ3n) is 3.31. The SMILES string of the molecule is CCCn1nncc1C(NN)c1ccc(C)c(OC)c1. The standard InChI is InChI=1S/C14H21N5O/c1-4-7-19-12(9-16-18-19)14(17-15)11-6-5-10(2)13(8-11)20-3/h5-6,8-9,14,17H,4,7,15H2,1-3H3. The molecule has 20 heavy (non-hydrogen) atoms. The lowest BCUT2D eigenvalue weighted by Gasteiger charge is -2.18. The molecule has 0 fully saturated rings. The largest absolute Gasteiger partial charge is 0.496 e. The zero-order chi connectivity index (χ0) is 14.5. The molecule has 6 heteroatoms. The molecule has 0 spiro atoms. The molecule has 2 aromatic rings. The summed E-state index contributed by atoms with van der Waals surface area (Å²) in [5, 5.41) is 8.08. The Morgan fingerprint density at radius 3 is 2.90 bits per heavy atom. The second-order valence-corrected chi connectivity index (χ2v) is 4.71. The molecule has 0 saturated carbocycles. The summed E-state index contributed by atoms with van der Waals surface area (Å²) >= 11 is 0. The molecule has 1 heterocycles. The number of aryl methyl sites for hydroxylation is 2. The van der Waals surface area contributed by atoms with Crippen molar-refractivity contribution in [2.45, 2.75) is 32.9 Å². The Morgan fingerprint density at radius 2 is 2.25 bits per heavy atom. The number of hydrogen-bond donors (Lipinski definition) is 2. The fourth-order valence-electron chi connectivity index (χ4n) is 2.24. The average molecular weight is 275 g/mol. The van der Waals surface area contributed by atoms with Crippen LogP contribution in [-0.2, 0) is 6.54 Å². The molecule has 0 amide bonds. The summed E-state index contributed by atoms with van der Waals surface area (Å²) in [6.07, 6.45) is 2.73. The van der Waals surface area contributed by atoms with Gasteiger partial charge in [0.2, 0.25) is 0 Å². The number of methoxy groups -OCH3 is 1. The van der Waals surface area contributed by atoms with E-state index < -0.39 is 0 Å². The summed E-state index contributed by atoms with van der Waals surface area (Å²) in [5.41, 5.74) is 5.89. The maximum Gasteiger partial charge on any atom is 0.122 e. The molecule has 0 saturated heterocycles. The van der Waals surface area contributed by atoms with Gasteiger partial charge in [0, 0.05) is 6.54 Å². The first-order valence-electron chi connectivity index (χ1n) is 6.70. The molecule has 108 valence electrons. The van der Waals surface area contributed by atoms with E-state index in [-0.39, 0.29) is 6.04 Å². The van der Waals surface area contributed by atoms with Crippen LogP contribution in [0.4, 0.5) is 0 Å². The fourth-order valence-corrected chi connectivity index (χ4v) is 2.24. The zero-order valence-electron chi connectivity index (χ0n) is 12.1. The van der Waals surface area contributed by atoms with Crippen molar-refractivity contribution in [1.82, 2.24) is 20.4 Å². The third-order valence-corrected chi connectivity index (χ3v) is 3.31. The van der Waals surface area contributed by atoms with Crippen LogP contribution in [0, 0.1) is 6.92 Å². The van der Waals surface area contributed by atoms with Crippen LogP contribution in [0.2, 0.25) is 0 Å². The number of aromatic nitrogens is 3. The first-order chi connectivity index (χ1) is 9.71. The minimum Gasteiger partial charge on any atom is -0.496 e. The van der Waals surface area contributed by atoms with Gasteiger partial charge in [-0.05, 0) is 30.5 Å². The summed E-state index contributed by atoms with van der Waals surface area (Å²) in [6, 6.07) is 5.88. The molecule has 3 N–H and O–H groups in total. The van der Waals surface area contributed by atoms with E-state index in [1.54, 1.807) is 13.3 Å². The molecule has 1 atom stereocenters. The summed E-state index contributed by atoms with van der Waals surface area (Å²) < 4.78 is 7.24. The monoisotopic (exact) mass is 275 g/mol. The van der Waals surface area contributed by atoms with Crippen molar-refractivity contribution >= 4 is 0 Å². The van der Waals surface area contributed by atoms with E-state index in [4.69, 9.17) is 10.6 Å². The van der Waals surface area contributed by atoms with Crippen LogP contribution in [-0.4, -0.2) is 22.1 Å². The highest BCUT2D eigenvalue weighted by Gasteiger charge is 2.18. The lowest BCUT2D eigenvalue weighted by Crippen LogP contribution is -2.30. The predicted octanol–water partition coefficient (Wildman–Crippen LogP) is 1.56. The summed E-state index contributed by atoms with van der Waals surface area (Å²) in [5.74, 6) is 6.58. The topological polar surface area (TPSA) is 78.0 Å². The molecule has 0 aliphatic heterocycles. The molecular formula is C14H21N5O. The van der Waals surface area contributed by atoms with Crippen LogP contribution in [0.15, 0.2) is 24.4 Å². The highest BCUT2D eigenvalue weighted by Crippen LogP contribution is 2.26. The number of rotatable bonds is 6. The van der Waals surface area contributed by atoms with Gasteiger partial charge >= 0.3 is 0 Å². The van der Waals surface area contributed by atoms with Gasteiger partial charge in [0.15, 0.2) is 0 Å². The molecule has 6 nitrogen and oxygen atoms in total. The van der Waals surface area contributed by atoms with Crippen LogP contribution in [0.5, 0.6) is 5.75 Å². The fraction of sp³-hybridized carbons (Fsp3) is 0.429. The number of ether oxygens (including phenoxy) is 1. The first-order valence-corrected chi connectivity index (χ1v) is 6.70. The smallest absolute Gasteiger partial charge is 0.122 e. The Balaban J connectivity index is 2.39. The summed E-state index contributed by atoms with van der Waals surface area (Å²) in [4.78, 5) is 0. The number of hydrogen-bond acceptors (Lipinski definition) is 5. The Bertz CT molecular complexity index is 566. The molecule has 1 aromatic heterocycles. The number of nitrogens with one attached hydrogen (secondary N) is 1. The van der Waals surface area contributed by atoms with Crippen molar-refractivity contribution in [3.05, 3.63) is 41.2 Å². The van der Waals surface area contributed by atoms with Crippen LogP contribution >= 0.6 is 0 Å². The minimum atomic E-state index is -0.161.